The standard InChI is InChI=1S/C28H34FN3OS/c1-31(28(33)14-18-34-2)27(19-21-7-9-24(29)10-8-21)22-12-16-32(17-13-22)20-23-11-15-30-26-6-4-3-5-25(23)26/h3-11,15,22,27H,12-14,16-20H2,1-2H3/t27-/m1/s1. The predicted molar refractivity (Wildman–Crippen MR) is 139 cm³/mol. The molecule has 1 amide bonds. The van der Waals surface area contributed by atoms with Crippen LogP contribution in [0.3, 0.4) is 0 Å². The Morgan fingerprint density at radius 3 is 2.62 bits per heavy atom. The molecule has 2 aromatic carbocycles. The van der Waals surface area contributed by atoms with E-state index in [0.717, 1.165) is 55.7 Å². The number of pyridine rings is 1. The smallest absolute Gasteiger partial charge is 0.223 e. The van der Waals surface area contributed by atoms with E-state index in [0.29, 0.717) is 12.3 Å². The number of aromatic nitrogens is 1. The lowest BCUT2D eigenvalue weighted by molar-refractivity contribution is -0.133. The molecule has 1 aromatic heterocycles. The molecule has 180 valence electrons. The summed E-state index contributed by atoms with van der Waals surface area (Å²) in [7, 11) is 1.95. The van der Waals surface area contributed by atoms with Crippen LogP contribution in [0.25, 0.3) is 10.9 Å². The van der Waals surface area contributed by atoms with Gasteiger partial charge in [0, 0.05) is 43.4 Å². The van der Waals surface area contributed by atoms with Crippen molar-refractivity contribution in [1.29, 1.82) is 0 Å². The monoisotopic (exact) mass is 479 g/mol. The van der Waals surface area contributed by atoms with Crippen molar-refractivity contribution in [2.45, 2.75) is 38.3 Å². The topological polar surface area (TPSA) is 36.4 Å². The molecule has 1 saturated heterocycles. The summed E-state index contributed by atoms with van der Waals surface area (Å²) < 4.78 is 13.4. The number of rotatable bonds is 9. The largest absolute Gasteiger partial charge is 0.342 e. The van der Waals surface area contributed by atoms with E-state index in [1.807, 2.05) is 42.6 Å². The molecule has 6 heteroatoms. The van der Waals surface area contributed by atoms with Crippen molar-refractivity contribution in [1.82, 2.24) is 14.8 Å². The summed E-state index contributed by atoms with van der Waals surface area (Å²) in [5.74, 6) is 1.25. The van der Waals surface area contributed by atoms with Gasteiger partial charge in [-0.25, -0.2) is 4.39 Å². The normalized spacial score (nSPS) is 16.0. The zero-order chi connectivity index (χ0) is 23.9. The predicted octanol–water partition coefficient (Wildman–Crippen LogP) is 5.41. The number of likely N-dealkylation sites (N-methyl/N-ethyl adjacent to an activating group) is 1. The SMILES string of the molecule is CSCCC(=O)N(C)[C@H](Cc1ccc(F)cc1)C1CCN(Cc2ccnc3ccccc23)CC1. The lowest BCUT2D eigenvalue weighted by Gasteiger charge is -2.40. The molecule has 0 bridgehead atoms. The van der Waals surface area contributed by atoms with Crippen LogP contribution in [0, 0.1) is 11.7 Å². The maximum atomic E-state index is 13.4. The zero-order valence-corrected chi connectivity index (χ0v) is 20.9. The van der Waals surface area contributed by atoms with Crippen molar-refractivity contribution >= 4 is 28.6 Å². The van der Waals surface area contributed by atoms with Crippen LogP contribution in [0.15, 0.2) is 60.8 Å². The van der Waals surface area contributed by atoms with Gasteiger partial charge in [0.1, 0.15) is 5.82 Å². The number of hydrogen-bond donors (Lipinski definition) is 0. The number of carbonyl (C=O) groups is 1. The Morgan fingerprint density at radius 2 is 1.88 bits per heavy atom. The molecule has 0 radical (unpaired) electrons. The second-order valence-electron chi connectivity index (χ2n) is 9.25. The van der Waals surface area contributed by atoms with E-state index in [2.05, 4.69) is 34.1 Å². The second-order valence-corrected chi connectivity index (χ2v) is 10.2. The lowest BCUT2D eigenvalue weighted by Crippen LogP contribution is -2.47. The highest BCUT2D eigenvalue weighted by Gasteiger charge is 2.31. The third kappa shape index (κ3) is 6.16. The number of piperidine rings is 1. The van der Waals surface area contributed by atoms with E-state index < -0.39 is 0 Å². The Bertz CT molecular complexity index is 1080. The Labute approximate surface area is 206 Å². The number of fused-ring (bicyclic) bond motifs is 1. The third-order valence-electron chi connectivity index (χ3n) is 7.08. The summed E-state index contributed by atoms with van der Waals surface area (Å²) in [5, 5.41) is 1.22. The van der Waals surface area contributed by atoms with Crippen molar-refractivity contribution in [3.63, 3.8) is 0 Å². The fourth-order valence-electron chi connectivity index (χ4n) is 5.06. The number of thioether (sulfide) groups is 1. The number of benzene rings is 2. The average Bonchev–Trinajstić information content (AvgIpc) is 2.87. The molecular weight excluding hydrogens is 445 g/mol. The third-order valence-corrected chi connectivity index (χ3v) is 7.69. The highest BCUT2D eigenvalue weighted by molar-refractivity contribution is 7.98. The van der Waals surface area contributed by atoms with E-state index in [9.17, 15) is 9.18 Å². The highest BCUT2D eigenvalue weighted by Crippen LogP contribution is 2.28. The van der Waals surface area contributed by atoms with Gasteiger partial charge in [0.25, 0.3) is 0 Å². The summed E-state index contributed by atoms with van der Waals surface area (Å²) in [6.07, 6.45) is 7.36. The van der Waals surface area contributed by atoms with Gasteiger partial charge in [-0.2, -0.15) is 11.8 Å². The molecule has 0 spiro atoms. The van der Waals surface area contributed by atoms with Gasteiger partial charge in [-0.1, -0.05) is 30.3 Å². The quantitative estimate of drug-likeness (QED) is 0.411. The highest BCUT2D eigenvalue weighted by atomic mass is 32.2. The number of amides is 1. The van der Waals surface area contributed by atoms with Gasteiger partial charge in [-0.15, -0.1) is 0 Å². The fraction of sp³-hybridized carbons (Fsp3) is 0.429. The van der Waals surface area contributed by atoms with E-state index in [-0.39, 0.29) is 17.8 Å². The molecule has 1 fully saturated rings. The first-order chi connectivity index (χ1) is 16.5. The minimum absolute atomic E-state index is 0.128. The Morgan fingerprint density at radius 1 is 1.15 bits per heavy atom. The molecule has 1 aliphatic heterocycles. The summed E-state index contributed by atoms with van der Waals surface area (Å²) in [4.78, 5) is 21.9. The summed E-state index contributed by atoms with van der Waals surface area (Å²) in [6.45, 7) is 2.93. The number of hydrogen-bond acceptors (Lipinski definition) is 4. The van der Waals surface area contributed by atoms with Gasteiger partial charge < -0.3 is 4.90 Å². The molecule has 0 saturated carbocycles. The molecule has 4 nitrogen and oxygen atoms in total. The Balaban J connectivity index is 1.44. The van der Waals surface area contributed by atoms with Crippen LogP contribution in [0.4, 0.5) is 4.39 Å². The van der Waals surface area contributed by atoms with E-state index >= 15 is 0 Å². The molecule has 0 N–H and O–H groups in total. The van der Waals surface area contributed by atoms with Crippen molar-refractivity contribution in [2.24, 2.45) is 5.92 Å². The molecule has 1 atom stereocenters. The van der Waals surface area contributed by atoms with Crippen molar-refractivity contribution in [3.05, 3.63) is 77.7 Å². The maximum absolute atomic E-state index is 13.4. The van der Waals surface area contributed by atoms with Gasteiger partial charge in [0.05, 0.1) is 5.52 Å². The molecule has 4 rings (SSSR count). The van der Waals surface area contributed by atoms with E-state index in [1.165, 1.54) is 23.1 Å². The molecule has 3 aromatic rings. The number of halogens is 1. The average molecular weight is 480 g/mol. The zero-order valence-electron chi connectivity index (χ0n) is 20.1. The van der Waals surface area contributed by atoms with Crippen LogP contribution >= 0.6 is 11.8 Å². The van der Waals surface area contributed by atoms with E-state index in [1.54, 1.807) is 11.8 Å². The van der Waals surface area contributed by atoms with Crippen LogP contribution in [0.1, 0.15) is 30.4 Å². The number of nitrogens with zero attached hydrogens (tertiary/aromatic N) is 3. The molecule has 0 aliphatic carbocycles. The molecule has 0 unspecified atom stereocenters. The maximum Gasteiger partial charge on any atom is 0.223 e. The van der Waals surface area contributed by atoms with Crippen molar-refractivity contribution in [2.75, 3.05) is 32.1 Å². The van der Waals surface area contributed by atoms with Crippen LogP contribution in [-0.4, -0.2) is 58.9 Å². The number of carbonyl (C=O) groups excluding carboxylic acids is 1. The first-order valence-corrected chi connectivity index (χ1v) is 13.5. The summed E-state index contributed by atoms with van der Waals surface area (Å²) in [5.41, 5.74) is 3.44. The first-order valence-electron chi connectivity index (χ1n) is 12.1. The number of likely N-dealkylation sites (tertiary alicyclic amines) is 1. The molecule has 1 aliphatic rings. The second kappa shape index (κ2) is 11.8. The molecular formula is C28H34FN3OS. The minimum atomic E-state index is -0.221. The Hall–Kier alpha value is -2.44. The van der Waals surface area contributed by atoms with Gasteiger partial charge in [0.2, 0.25) is 5.91 Å². The van der Waals surface area contributed by atoms with Crippen LogP contribution in [-0.2, 0) is 17.8 Å². The van der Waals surface area contributed by atoms with Crippen LogP contribution < -0.4 is 0 Å². The van der Waals surface area contributed by atoms with Gasteiger partial charge >= 0.3 is 0 Å². The van der Waals surface area contributed by atoms with Gasteiger partial charge in [0.15, 0.2) is 0 Å². The van der Waals surface area contributed by atoms with Gasteiger partial charge in [-0.05, 0) is 79.9 Å². The first kappa shape index (κ1) is 24.7. The molecule has 2 heterocycles. The number of para-hydroxylation sites is 1. The van der Waals surface area contributed by atoms with Crippen LogP contribution in [0.2, 0.25) is 0 Å². The summed E-state index contributed by atoms with van der Waals surface area (Å²) >= 11 is 1.70. The minimum Gasteiger partial charge on any atom is -0.342 e. The van der Waals surface area contributed by atoms with Gasteiger partial charge in [-0.3, -0.25) is 14.7 Å². The summed E-state index contributed by atoms with van der Waals surface area (Å²) in [6, 6.07) is 17.3. The fourth-order valence-corrected chi connectivity index (χ4v) is 5.44. The van der Waals surface area contributed by atoms with E-state index in [4.69, 9.17) is 0 Å². The Kier molecular flexibility index (Phi) is 8.57. The van der Waals surface area contributed by atoms with Crippen molar-refractivity contribution in [3.8, 4) is 0 Å². The lowest BCUT2D eigenvalue weighted by atomic mass is 9.84. The van der Waals surface area contributed by atoms with Crippen LogP contribution in [0.5, 0.6) is 0 Å². The van der Waals surface area contributed by atoms with Crippen molar-refractivity contribution < 1.29 is 9.18 Å². The molecule has 34 heavy (non-hydrogen) atoms.